The van der Waals surface area contributed by atoms with Crippen molar-refractivity contribution in [2.24, 2.45) is 5.92 Å². The number of amides is 1. The number of fused-ring (bicyclic) bond motifs is 1. The standard InChI is InChI=1S/C30H42N2O4/c33-29(31-25-11-18-34-19-12-25)23-6-4-22(5-7-23)21-35-27-8-9-28-24(20-27)10-13-30(36-28)14-16-32(17-15-30)26-2-1-3-26/h4,6,8-9,24-26H,1-3,5,7,10-21H2,(H,31,33). The Hall–Kier alpha value is -2.05. The maximum absolute atomic E-state index is 12.6. The molecule has 1 atom stereocenters. The number of hydrogen-bond donors (Lipinski definition) is 1. The maximum Gasteiger partial charge on any atom is 0.247 e. The van der Waals surface area contributed by atoms with Gasteiger partial charge in [-0.3, -0.25) is 4.79 Å². The largest absolute Gasteiger partial charge is 0.494 e. The van der Waals surface area contributed by atoms with E-state index in [4.69, 9.17) is 14.2 Å². The van der Waals surface area contributed by atoms with Crippen molar-refractivity contribution in [3.8, 4) is 0 Å². The number of carbonyl (C=O) groups is 1. The molecular weight excluding hydrogens is 452 g/mol. The normalized spacial score (nSPS) is 29.1. The van der Waals surface area contributed by atoms with Crippen LogP contribution in [0.25, 0.3) is 0 Å². The molecule has 196 valence electrons. The molecule has 3 saturated heterocycles. The average Bonchev–Trinajstić information content (AvgIpc) is 2.89. The van der Waals surface area contributed by atoms with E-state index in [1.807, 2.05) is 6.08 Å². The number of carbonyl (C=O) groups excluding carboxylic acids is 1. The Morgan fingerprint density at radius 3 is 2.56 bits per heavy atom. The van der Waals surface area contributed by atoms with Gasteiger partial charge in [0.2, 0.25) is 5.91 Å². The first-order valence-corrected chi connectivity index (χ1v) is 14.4. The van der Waals surface area contributed by atoms with Crippen molar-refractivity contribution in [1.29, 1.82) is 0 Å². The number of piperidine rings is 1. The molecule has 1 spiro atoms. The lowest BCUT2D eigenvalue weighted by atomic mass is 9.77. The number of nitrogens with zero attached hydrogens (tertiary/aromatic N) is 1. The zero-order chi connectivity index (χ0) is 24.4. The van der Waals surface area contributed by atoms with Crippen LogP contribution in [0.4, 0.5) is 0 Å². The van der Waals surface area contributed by atoms with Crippen molar-refractivity contribution in [2.45, 2.75) is 94.7 Å². The Morgan fingerprint density at radius 2 is 1.83 bits per heavy atom. The lowest BCUT2D eigenvalue weighted by molar-refractivity contribution is -0.118. The summed E-state index contributed by atoms with van der Waals surface area (Å²) in [6, 6.07) is 1.10. The van der Waals surface area contributed by atoms with Crippen molar-refractivity contribution >= 4 is 5.91 Å². The van der Waals surface area contributed by atoms with Crippen LogP contribution in [0.2, 0.25) is 0 Å². The summed E-state index contributed by atoms with van der Waals surface area (Å²) in [7, 11) is 0. The van der Waals surface area contributed by atoms with E-state index in [1.54, 1.807) is 0 Å². The Balaban J connectivity index is 0.980. The summed E-state index contributed by atoms with van der Waals surface area (Å²) in [5.41, 5.74) is 2.20. The second-order valence-electron chi connectivity index (χ2n) is 11.7. The van der Waals surface area contributed by atoms with Gasteiger partial charge in [-0.1, -0.05) is 18.6 Å². The van der Waals surface area contributed by atoms with Gasteiger partial charge < -0.3 is 24.4 Å². The van der Waals surface area contributed by atoms with Gasteiger partial charge in [0.25, 0.3) is 0 Å². The SMILES string of the molecule is O=C(NC1CCOCC1)C1=CC=C(COC2=CC=C3OC4(CCC3C2)CCN(C2CCC2)CC4)CC1. The zero-order valence-electron chi connectivity index (χ0n) is 21.6. The quantitative estimate of drug-likeness (QED) is 0.567. The summed E-state index contributed by atoms with van der Waals surface area (Å²) in [4.78, 5) is 15.3. The maximum atomic E-state index is 12.6. The summed E-state index contributed by atoms with van der Waals surface area (Å²) in [6.07, 6.45) is 21.7. The first-order chi connectivity index (χ1) is 17.7. The Bertz CT molecular complexity index is 946. The molecule has 0 bridgehead atoms. The Kier molecular flexibility index (Phi) is 7.25. The smallest absolute Gasteiger partial charge is 0.247 e. The van der Waals surface area contributed by atoms with Crippen molar-refractivity contribution in [2.75, 3.05) is 32.9 Å². The van der Waals surface area contributed by atoms with E-state index < -0.39 is 0 Å². The minimum Gasteiger partial charge on any atom is -0.494 e. The topological polar surface area (TPSA) is 60.0 Å². The van der Waals surface area contributed by atoms with Gasteiger partial charge in [0.05, 0.1) is 5.76 Å². The minimum atomic E-state index is 0.0722. The lowest BCUT2D eigenvalue weighted by Crippen LogP contribution is -2.52. The fourth-order valence-corrected chi connectivity index (χ4v) is 6.63. The first kappa shape index (κ1) is 24.3. The number of likely N-dealkylation sites (tertiary alicyclic amines) is 1. The Labute approximate surface area is 215 Å². The third-order valence-electron chi connectivity index (χ3n) is 9.39. The molecule has 1 unspecified atom stereocenters. The second kappa shape index (κ2) is 10.7. The molecule has 1 N–H and O–H groups in total. The molecule has 1 saturated carbocycles. The Morgan fingerprint density at radius 1 is 1.00 bits per heavy atom. The molecule has 6 nitrogen and oxygen atoms in total. The minimum absolute atomic E-state index is 0.0722. The van der Waals surface area contributed by atoms with E-state index in [0.717, 1.165) is 62.7 Å². The molecule has 3 heterocycles. The van der Waals surface area contributed by atoms with Gasteiger partial charge in [0, 0.05) is 56.3 Å². The van der Waals surface area contributed by atoms with E-state index in [1.165, 1.54) is 69.4 Å². The molecular formula is C30H42N2O4. The van der Waals surface area contributed by atoms with Gasteiger partial charge in [-0.15, -0.1) is 0 Å². The van der Waals surface area contributed by atoms with Crippen molar-refractivity contribution < 1.29 is 19.0 Å². The fraction of sp³-hybridized carbons (Fsp3) is 0.700. The van der Waals surface area contributed by atoms with Crippen LogP contribution in [0.1, 0.15) is 77.0 Å². The third kappa shape index (κ3) is 5.45. The van der Waals surface area contributed by atoms with E-state index >= 15 is 0 Å². The molecule has 0 radical (unpaired) electrons. The van der Waals surface area contributed by atoms with Crippen LogP contribution in [0.5, 0.6) is 0 Å². The number of hydrogen-bond acceptors (Lipinski definition) is 5. The van der Waals surface area contributed by atoms with E-state index in [2.05, 4.69) is 28.4 Å². The molecule has 0 aromatic heterocycles. The highest BCUT2D eigenvalue weighted by Gasteiger charge is 2.44. The molecule has 0 aromatic carbocycles. The molecule has 3 aliphatic heterocycles. The molecule has 6 heteroatoms. The van der Waals surface area contributed by atoms with Gasteiger partial charge in [0.15, 0.2) is 0 Å². The summed E-state index contributed by atoms with van der Waals surface area (Å²) in [5, 5.41) is 3.17. The lowest BCUT2D eigenvalue weighted by Gasteiger charge is -2.50. The van der Waals surface area contributed by atoms with Crippen LogP contribution >= 0.6 is 0 Å². The number of allylic oxidation sites excluding steroid dienone is 6. The molecule has 0 aromatic rings. The molecule has 3 aliphatic carbocycles. The second-order valence-corrected chi connectivity index (χ2v) is 11.7. The van der Waals surface area contributed by atoms with Crippen LogP contribution in [0, 0.1) is 5.92 Å². The highest BCUT2D eigenvalue weighted by Crippen LogP contribution is 2.45. The van der Waals surface area contributed by atoms with Crippen LogP contribution in [-0.2, 0) is 19.0 Å². The molecule has 36 heavy (non-hydrogen) atoms. The van der Waals surface area contributed by atoms with Gasteiger partial charge in [-0.25, -0.2) is 0 Å². The van der Waals surface area contributed by atoms with Gasteiger partial charge in [-0.05, 0) is 81.9 Å². The van der Waals surface area contributed by atoms with Crippen molar-refractivity contribution in [3.05, 3.63) is 47.0 Å². The zero-order valence-corrected chi connectivity index (χ0v) is 21.6. The number of ether oxygens (including phenoxy) is 3. The third-order valence-corrected chi connectivity index (χ3v) is 9.39. The number of nitrogens with one attached hydrogen (secondary N) is 1. The summed E-state index contributed by atoms with van der Waals surface area (Å²) in [6.45, 7) is 4.50. The van der Waals surface area contributed by atoms with Gasteiger partial charge >= 0.3 is 0 Å². The van der Waals surface area contributed by atoms with Crippen LogP contribution in [-0.4, -0.2) is 61.4 Å². The molecule has 1 amide bonds. The first-order valence-electron chi connectivity index (χ1n) is 14.4. The van der Waals surface area contributed by atoms with Crippen molar-refractivity contribution in [3.63, 3.8) is 0 Å². The molecule has 6 aliphatic rings. The predicted molar refractivity (Wildman–Crippen MR) is 139 cm³/mol. The van der Waals surface area contributed by atoms with Crippen LogP contribution < -0.4 is 5.32 Å². The van der Waals surface area contributed by atoms with Crippen LogP contribution in [0.3, 0.4) is 0 Å². The summed E-state index contributed by atoms with van der Waals surface area (Å²) >= 11 is 0. The van der Waals surface area contributed by atoms with E-state index in [0.29, 0.717) is 12.5 Å². The highest BCUT2D eigenvalue weighted by molar-refractivity contribution is 5.94. The monoisotopic (exact) mass is 494 g/mol. The van der Waals surface area contributed by atoms with Gasteiger partial charge in [-0.2, -0.15) is 0 Å². The van der Waals surface area contributed by atoms with E-state index in [9.17, 15) is 4.79 Å². The summed E-state index contributed by atoms with van der Waals surface area (Å²) < 4.78 is 18.3. The summed E-state index contributed by atoms with van der Waals surface area (Å²) in [5.74, 6) is 2.79. The highest BCUT2D eigenvalue weighted by atomic mass is 16.5. The predicted octanol–water partition coefficient (Wildman–Crippen LogP) is 4.93. The fourth-order valence-electron chi connectivity index (χ4n) is 6.63. The van der Waals surface area contributed by atoms with Gasteiger partial charge in [0.1, 0.15) is 18.0 Å². The van der Waals surface area contributed by atoms with E-state index in [-0.39, 0.29) is 17.6 Å². The van der Waals surface area contributed by atoms with Crippen molar-refractivity contribution in [1.82, 2.24) is 10.2 Å². The molecule has 4 fully saturated rings. The average molecular weight is 495 g/mol. The number of rotatable bonds is 6. The molecule has 6 rings (SSSR count). The van der Waals surface area contributed by atoms with Crippen LogP contribution in [0.15, 0.2) is 47.0 Å².